The van der Waals surface area contributed by atoms with E-state index in [1.807, 2.05) is 50.0 Å². The van der Waals surface area contributed by atoms with E-state index in [2.05, 4.69) is 0 Å². The predicted molar refractivity (Wildman–Crippen MR) is 123 cm³/mol. The molecule has 2 aromatic carbocycles. The minimum Gasteiger partial charge on any atom is -0.407 e. The van der Waals surface area contributed by atoms with Gasteiger partial charge in [-0.15, -0.1) is 0 Å². The van der Waals surface area contributed by atoms with Gasteiger partial charge in [-0.2, -0.15) is 17.5 Å². The summed E-state index contributed by atoms with van der Waals surface area (Å²) in [5, 5.41) is 0. The molecule has 1 fully saturated rings. The van der Waals surface area contributed by atoms with Crippen LogP contribution >= 0.6 is 0 Å². The zero-order chi connectivity index (χ0) is 24.3. The van der Waals surface area contributed by atoms with Crippen LogP contribution in [0.25, 0.3) is 0 Å². The number of nitrogens with zero attached hydrogens (tertiary/aromatic N) is 1. The first-order valence-electron chi connectivity index (χ1n) is 10.8. The summed E-state index contributed by atoms with van der Waals surface area (Å²) < 4.78 is 77.5. The molecule has 2 atom stereocenters. The number of halogens is 3. The Labute approximate surface area is 194 Å². The topological polar surface area (TPSA) is 55.8 Å². The molecule has 0 aliphatic carbocycles. The Kier molecular flexibility index (Phi) is 7.74. The first-order valence-corrected chi connectivity index (χ1v) is 15.7. The van der Waals surface area contributed by atoms with E-state index < -0.39 is 29.5 Å². The van der Waals surface area contributed by atoms with Crippen LogP contribution in [0.2, 0.25) is 19.6 Å². The molecular weight excluding hydrogens is 471 g/mol. The second kappa shape index (κ2) is 9.87. The van der Waals surface area contributed by atoms with E-state index in [0.717, 1.165) is 5.56 Å². The van der Waals surface area contributed by atoms with Crippen molar-refractivity contribution in [1.29, 1.82) is 0 Å². The van der Waals surface area contributed by atoms with Crippen molar-refractivity contribution in [3.63, 3.8) is 0 Å². The summed E-state index contributed by atoms with van der Waals surface area (Å²) in [5.41, 5.74) is -4.62. The zero-order valence-corrected chi connectivity index (χ0v) is 20.8. The monoisotopic (exact) mass is 501 g/mol. The van der Waals surface area contributed by atoms with E-state index in [1.54, 1.807) is 30.3 Å². The van der Waals surface area contributed by atoms with Gasteiger partial charge >= 0.3 is 15.5 Å². The van der Waals surface area contributed by atoms with Crippen LogP contribution in [0.3, 0.4) is 0 Å². The van der Waals surface area contributed by atoms with Crippen molar-refractivity contribution in [1.82, 2.24) is 4.31 Å². The van der Waals surface area contributed by atoms with Crippen LogP contribution in [0.4, 0.5) is 13.2 Å². The lowest BCUT2D eigenvalue weighted by Gasteiger charge is -2.52. The van der Waals surface area contributed by atoms with Gasteiger partial charge in [0.25, 0.3) is 0 Å². The molecule has 1 aliphatic heterocycles. The van der Waals surface area contributed by atoms with E-state index in [4.69, 9.17) is 9.16 Å². The average Bonchev–Trinajstić information content (AvgIpc) is 2.71. The van der Waals surface area contributed by atoms with Gasteiger partial charge in [-0.05, 0) is 43.6 Å². The summed E-state index contributed by atoms with van der Waals surface area (Å²) in [6.45, 7) is 5.85. The Morgan fingerprint density at radius 2 is 1.64 bits per heavy atom. The molecule has 0 aromatic heterocycles. The fourth-order valence-corrected chi connectivity index (χ4v) is 6.57. The van der Waals surface area contributed by atoms with Crippen LogP contribution in [0, 0.1) is 0 Å². The molecule has 3 rings (SSSR count). The summed E-state index contributed by atoms with van der Waals surface area (Å²) in [7, 11) is -7.51. The maximum Gasteiger partial charge on any atom is 0.511 e. The van der Waals surface area contributed by atoms with Gasteiger partial charge in [-0.25, -0.2) is 8.42 Å². The highest BCUT2D eigenvalue weighted by molar-refractivity contribution is 7.89. The lowest BCUT2D eigenvalue weighted by Crippen LogP contribution is -2.58. The number of hydrogen-bond donors (Lipinski definition) is 0. The minimum atomic E-state index is -5.47. The van der Waals surface area contributed by atoms with Crippen molar-refractivity contribution in [3.8, 4) is 0 Å². The van der Waals surface area contributed by atoms with E-state index >= 15 is 0 Å². The van der Waals surface area contributed by atoms with Crippen LogP contribution in [0.1, 0.15) is 30.1 Å². The molecule has 5 nitrogen and oxygen atoms in total. The number of alkyl halides is 3. The lowest BCUT2D eigenvalue weighted by molar-refractivity contribution is -0.235. The second-order valence-corrected chi connectivity index (χ2v) is 15.6. The van der Waals surface area contributed by atoms with Gasteiger partial charge in [0.1, 0.15) is 11.7 Å². The van der Waals surface area contributed by atoms with Gasteiger partial charge < -0.3 is 9.16 Å². The summed E-state index contributed by atoms with van der Waals surface area (Å²) in [5.74, 6) is 0. The Morgan fingerprint density at radius 1 is 1.06 bits per heavy atom. The number of benzene rings is 2. The molecule has 0 bridgehead atoms. The predicted octanol–water partition coefficient (Wildman–Crippen LogP) is 5.48. The molecule has 0 unspecified atom stereocenters. The normalized spacial score (nSPS) is 21.7. The van der Waals surface area contributed by atoms with Crippen molar-refractivity contribution >= 4 is 18.3 Å². The molecule has 0 N–H and O–H groups in total. The number of ether oxygens (including phenoxy) is 1. The smallest absolute Gasteiger partial charge is 0.407 e. The molecule has 10 heteroatoms. The molecule has 2 aromatic rings. The van der Waals surface area contributed by atoms with E-state index in [1.165, 1.54) is 0 Å². The fraction of sp³-hybridized carbons (Fsp3) is 0.478. The van der Waals surface area contributed by atoms with Crippen molar-refractivity contribution in [3.05, 3.63) is 71.8 Å². The average molecular weight is 502 g/mol. The molecule has 0 amide bonds. The largest absolute Gasteiger partial charge is 0.511 e. The third-order valence-electron chi connectivity index (χ3n) is 5.43. The highest BCUT2D eigenvalue weighted by atomic mass is 32.2. The summed E-state index contributed by atoms with van der Waals surface area (Å²) in [4.78, 5) is 0. The van der Waals surface area contributed by atoms with Crippen LogP contribution < -0.4 is 0 Å². The molecule has 0 saturated carbocycles. The number of hydrogen-bond acceptors (Lipinski definition) is 4. The molecule has 182 valence electrons. The molecule has 33 heavy (non-hydrogen) atoms. The van der Waals surface area contributed by atoms with Gasteiger partial charge in [0.05, 0.1) is 6.61 Å². The van der Waals surface area contributed by atoms with Gasteiger partial charge in [0.2, 0.25) is 0 Å². The maximum absolute atomic E-state index is 13.4. The van der Waals surface area contributed by atoms with E-state index in [0.29, 0.717) is 22.9 Å². The lowest BCUT2D eigenvalue weighted by atomic mass is 9.83. The van der Waals surface area contributed by atoms with Gasteiger partial charge in [-0.3, -0.25) is 0 Å². The fourth-order valence-electron chi connectivity index (χ4n) is 4.10. The summed E-state index contributed by atoms with van der Waals surface area (Å²) >= 11 is 0. The number of rotatable bonds is 10. The first-order chi connectivity index (χ1) is 15.3. The highest BCUT2D eigenvalue weighted by Gasteiger charge is 2.53. The summed E-state index contributed by atoms with van der Waals surface area (Å²) in [6, 6.07) is 17.8. The van der Waals surface area contributed by atoms with E-state index in [-0.39, 0.29) is 25.6 Å². The van der Waals surface area contributed by atoms with Crippen molar-refractivity contribution in [2.75, 3.05) is 13.2 Å². The van der Waals surface area contributed by atoms with Crippen LogP contribution in [0.15, 0.2) is 60.7 Å². The summed E-state index contributed by atoms with van der Waals surface area (Å²) in [6.07, 6.45) is 0.252. The SMILES string of the molecule is C[Si](C)(C)O[C@]1(CCCN(Cc2ccccc2)S(=O)(=O)C(F)(F)F)CO[C@@H]1c1ccccc1. The first kappa shape index (κ1) is 25.9. The highest BCUT2D eigenvalue weighted by Crippen LogP contribution is 2.46. The van der Waals surface area contributed by atoms with Crippen LogP contribution in [-0.2, 0) is 25.7 Å². The van der Waals surface area contributed by atoms with Crippen molar-refractivity contribution < 1.29 is 30.8 Å². The molecule has 0 radical (unpaired) electrons. The maximum atomic E-state index is 13.4. The molecule has 1 heterocycles. The van der Waals surface area contributed by atoms with Gasteiger partial charge in [0.15, 0.2) is 8.32 Å². The molecule has 1 aliphatic rings. The molecular formula is C23H30F3NO4SSi. The van der Waals surface area contributed by atoms with Crippen molar-refractivity contribution in [2.45, 2.75) is 56.2 Å². The Bertz CT molecular complexity index is 1010. The minimum absolute atomic E-state index is 0.208. The second-order valence-electron chi connectivity index (χ2n) is 9.25. The van der Waals surface area contributed by atoms with Crippen LogP contribution in [0.5, 0.6) is 0 Å². The van der Waals surface area contributed by atoms with Crippen molar-refractivity contribution in [2.24, 2.45) is 0 Å². The zero-order valence-electron chi connectivity index (χ0n) is 19.0. The van der Waals surface area contributed by atoms with E-state index in [9.17, 15) is 21.6 Å². The Hall–Kier alpha value is -1.72. The standard InChI is InChI=1S/C23H30F3NO4SSi/c1-33(2,3)31-22(18-30-21(22)20-13-8-5-9-14-20)15-10-16-27(32(28,29)23(24,25)26)17-19-11-6-4-7-12-19/h4-9,11-14,21H,10,15-18H2,1-3H3/t21-,22-/m1/s1. The molecule has 0 spiro atoms. The van der Waals surface area contributed by atoms with Gasteiger partial charge in [-0.1, -0.05) is 60.7 Å². The van der Waals surface area contributed by atoms with Gasteiger partial charge in [0, 0.05) is 13.1 Å². The Morgan fingerprint density at radius 3 is 2.12 bits per heavy atom. The Balaban J connectivity index is 1.79. The quantitative estimate of drug-likeness (QED) is 0.405. The number of sulfonamides is 1. The van der Waals surface area contributed by atoms with Crippen LogP contribution in [-0.4, -0.2) is 45.3 Å². The third kappa shape index (κ3) is 6.24. The third-order valence-corrected chi connectivity index (χ3v) is 8.02. The molecule has 1 saturated heterocycles.